The fourth-order valence-corrected chi connectivity index (χ4v) is 2.64. The van der Waals surface area contributed by atoms with E-state index in [-0.39, 0.29) is 17.9 Å². The Hall–Kier alpha value is -0.570. The predicted octanol–water partition coefficient (Wildman–Crippen LogP) is 2.30. The van der Waals surface area contributed by atoms with E-state index < -0.39 is 0 Å². The molecule has 0 aromatic heterocycles. The maximum atomic E-state index is 11.7. The first-order valence-electron chi connectivity index (χ1n) is 7.04. The molecule has 1 aliphatic rings. The van der Waals surface area contributed by atoms with Gasteiger partial charge in [-0.05, 0) is 30.6 Å². The smallest absolute Gasteiger partial charge is 0.237 e. The number of hydrogen-bond donors (Lipinski definition) is 2. The Morgan fingerprint density at radius 2 is 2.12 bits per heavy atom. The van der Waals surface area contributed by atoms with Crippen molar-refractivity contribution in [3.8, 4) is 0 Å². The summed E-state index contributed by atoms with van der Waals surface area (Å²) in [4.78, 5) is 11.7. The molecule has 3 atom stereocenters. The Morgan fingerprint density at radius 1 is 1.41 bits per heavy atom. The summed E-state index contributed by atoms with van der Waals surface area (Å²) in [6, 6.07) is -0.361. The minimum absolute atomic E-state index is 0.00357. The molecule has 100 valence electrons. The Bertz CT molecular complexity index is 240. The molecule has 1 rings (SSSR count). The van der Waals surface area contributed by atoms with E-state index in [9.17, 15) is 4.79 Å². The van der Waals surface area contributed by atoms with E-state index in [0.717, 1.165) is 24.8 Å². The Balaban J connectivity index is 2.16. The van der Waals surface area contributed by atoms with Crippen molar-refractivity contribution in [1.29, 1.82) is 0 Å². The molecule has 0 radical (unpaired) electrons. The van der Waals surface area contributed by atoms with Gasteiger partial charge < -0.3 is 11.1 Å². The molecule has 1 saturated carbocycles. The van der Waals surface area contributed by atoms with E-state index in [0.29, 0.717) is 0 Å². The summed E-state index contributed by atoms with van der Waals surface area (Å²) >= 11 is 0. The topological polar surface area (TPSA) is 55.1 Å². The van der Waals surface area contributed by atoms with Crippen LogP contribution in [0.2, 0.25) is 0 Å². The van der Waals surface area contributed by atoms with Gasteiger partial charge in [0.05, 0.1) is 6.04 Å². The molecule has 3 heteroatoms. The van der Waals surface area contributed by atoms with E-state index in [4.69, 9.17) is 5.73 Å². The van der Waals surface area contributed by atoms with Crippen LogP contribution in [0.1, 0.15) is 52.9 Å². The molecule has 1 aliphatic carbocycles. The second kappa shape index (κ2) is 7.00. The van der Waals surface area contributed by atoms with Gasteiger partial charge in [0.1, 0.15) is 0 Å². The molecule has 3 nitrogen and oxygen atoms in total. The second-order valence-electron chi connectivity index (χ2n) is 5.99. The maximum Gasteiger partial charge on any atom is 0.237 e. The molecule has 0 aromatic rings. The van der Waals surface area contributed by atoms with Crippen LogP contribution in [0.4, 0.5) is 0 Å². The van der Waals surface area contributed by atoms with E-state index in [1.807, 2.05) is 13.8 Å². The number of amides is 1. The quantitative estimate of drug-likeness (QED) is 0.774. The van der Waals surface area contributed by atoms with E-state index in [1.54, 1.807) is 0 Å². The molecule has 17 heavy (non-hydrogen) atoms. The van der Waals surface area contributed by atoms with E-state index in [2.05, 4.69) is 12.2 Å². The molecule has 2 unspecified atom stereocenters. The maximum absolute atomic E-state index is 11.7. The Kier molecular flexibility index (Phi) is 5.96. The van der Waals surface area contributed by atoms with Crippen LogP contribution < -0.4 is 11.1 Å². The lowest BCUT2D eigenvalue weighted by Crippen LogP contribution is -2.44. The van der Waals surface area contributed by atoms with Gasteiger partial charge >= 0.3 is 0 Å². The van der Waals surface area contributed by atoms with Gasteiger partial charge in [-0.3, -0.25) is 4.79 Å². The summed E-state index contributed by atoms with van der Waals surface area (Å²) < 4.78 is 0. The molecule has 3 N–H and O–H groups in total. The second-order valence-corrected chi connectivity index (χ2v) is 5.99. The van der Waals surface area contributed by atoms with Gasteiger partial charge in [0.25, 0.3) is 0 Å². The van der Waals surface area contributed by atoms with Crippen LogP contribution >= 0.6 is 0 Å². The molecule has 0 aliphatic heterocycles. The summed E-state index contributed by atoms with van der Waals surface area (Å²) in [5, 5.41) is 2.96. The van der Waals surface area contributed by atoms with Crippen LogP contribution in [0.3, 0.4) is 0 Å². The molecule has 0 heterocycles. The predicted molar refractivity (Wildman–Crippen MR) is 71.6 cm³/mol. The van der Waals surface area contributed by atoms with Crippen molar-refractivity contribution < 1.29 is 4.79 Å². The van der Waals surface area contributed by atoms with Crippen molar-refractivity contribution in [1.82, 2.24) is 5.32 Å². The van der Waals surface area contributed by atoms with Crippen LogP contribution in [-0.4, -0.2) is 18.5 Å². The number of hydrogen-bond acceptors (Lipinski definition) is 2. The summed E-state index contributed by atoms with van der Waals surface area (Å²) in [6.07, 6.45) is 6.50. The van der Waals surface area contributed by atoms with Crippen LogP contribution in [0.25, 0.3) is 0 Å². The van der Waals surface area contributed by atoms with Crippen molar-refractivity contribution in [2.45, 2.75) is 58.9 Å². The molecule has 0 aromatic carbocycles. The van der Waals surface area contributed by atoms with Crippen LogP contribution in [-0.2, 0) is 4.79 Å². The summed E-state index contributed by atoms with van der Waals surface area (Å²) in [7, 11) is 0. The largest absolute Gasteiger partial charge is 0.355 e. The first-order chi connectivity index (χ1) is 8.00. The van der Waals surface area contributed by atoms with Crippen molar-refractivity contribution >= 4 is 5.91 Å². The first-order valence-corrected chi connectivity index (χ1v) is 7.04. The molecule has 0 saturated heterocycles. The highest BCUT2D eigenvalue weighted by Gasteiger charge is 2.20. The van der Waals surface area contributed by atoms with Gasteiger partial charge in [-0.15, -0.1) is 0 Å². The SMILES string of the molecule is CC1CCCC(CCNC(=O)[C@@H](N)C(C)C)C1. The standard InChI is InChI=1S/C14H28N2O/c1-10(2)13(15)14(17)16-8-7-12-6-4-5-11(3)9-12/h10-13H,4-9,15H2,1-3H3,(H,16,17)/t11?,12?,13-/m0/s1. The highest BCUT2D eigenvalue weighted by Crippen LogP contribution is 2.30. The van der Waals surface area contributed by atoms with E-state index >= 15 is 0 Å². The number of nitrogens with two attached hydrogens (primary N) is 1. The summed E-state index contributed by atoms with van der Waals surface area (Å²) in [5.41, 5.74) is 5.79. The molecule has 1 amide bonds. The summed E-state index contributed by atoms with van der Waals surface area (Å²) in [6.45, 7) is 7.08. The molecule has 0 spiro atoms. The van der Waals surface area contributed by atoms with Gasteiger partial charge in [0.2, 0.25) is 5.91 Å². The molecule has 1 fully saturated rings. The lowest BCUT2D eigenvalue weighted by molar-refractivity contribution is -0.123. The lowest BCUT2D eigenvalue weighted by Gasteiger charge is -2.27. The van der Waals surface area contributed by atoms with Crippen molar-refractivity contribution in [2.75, 3.05) is 6.54 Å². The Morgan fingerprint density at radius 3 is 2.71 bits per heavy atom. The first kappa shape index (κ1) is 14.5. The van der Waals surface area contributed by atoms with E-state index in [1.165, 1.54) is 25.7 Å². The highest BCUT2D eigenvalue weighted by atomic mass is 16.2. The number of rotatable bonds is 5. The number of carbonyl (C=O) groups is 1. The van der Waals surface area contributed by atoms with Crippen molar-refractivity contribution in [2.24, 2.45) is 23.5 Å². The highest BCUT2D eigenvalue weighted by molar-refractivity contribution is 5.81. The van der Waals surface area contributed by atoms with Gasteiger partial charge in [-0.1, -0.05) is 40.0 Å². The van der Waals surface area contributed by atoms with Crippen LogP contribution in [0.15, 0.2) is 0 Å². The number of nitrogens with one attached hydrogen (secondary N) is 1. The molecule has 0 bridgehead atoms. The zero-order chi connectivity index (χ0) is 12.8. The zero-order valence-electron chi connectivity index (χ0n) is 11.5. The zero-order valence-corrected chi connectivity index (χ0v) is 11.5. The average Bonchev–Trinajstić information content (AvgIpc) is 2.27. The van der Waals surface area contributed by atoms with Crippen LogP contribution in [0.5, 0.6) is 0 Å². The number of carbonyl (C=O) groups excluding carboxylic acids is 1. The normalized spacial score (nSPS) is 26.9. The fourth-order valence-electron chi connectivity index (χ4n) is 2.64. The van der Waals surface area contributed by atoms with Gasteiger partial charge in [-0.2, -0.15) is 0 Å². The minimum Gasteiger partial charge on any atom is -0.355 e. The Labute approximate surface area is 106 Å². The van der Waals surface area contributed by atoms with Gasteiger partial charge in [0, 0.05) is 6.54 Å². The van der Waals surface area contributed by atoms with Crippen LogP contribution in [0, 0.1) is 17.8 Å². The monoisotopic (exact) mass is 240 g/mol. The lowest BCUT2D eigenvalue weighted by atomic mass is 9.81. The van der Waals surface area contributed by atoms with Crippen molar-refractivity contribution in [3.63, 3.8) is 0 Å². The minimum atomic E-state index is -0.361. The molecular formula is C14H28N2O. The average molecular weight is 240 g/mol. The fraction of sp³-hybridized carbons (Fsp3) is 0.929. The third kappa shape index (κ3) is 5.07. The van der Waals surface area contributed by atoms with Crippen molar-refractivity contribution in [3.05, 3.63) is 0 Å². The third-order valence-corrected chi connectivity index (χ3v) is 3.92. The van der Waals surface area contributed by atoms with Gasteiger partial charge in [-0.25, -0.2) is 0 Å². The summed E-state index contributed by atoms with van der Waals surface area (Å²) in [5.74, 6) is 1.88. The molecular weight excluding hydrogens is 212 g/mol. The third-order valence-electron chi connectivity index (χ3n) is 3.92. The van der Waals surface area contributed by atoms with Gasteiger partial charge in [0.15, 0.2) is 0 Å².